The average Bonchev–Trinajstić information content (AvgIpc) is 3.23. The molecule has 0 spiro atoms. The summed E-state index contributed by atoms with van der Waals surface area (Å²) in [4.78, 5) is 34.5. The lowest BCUT2D eigenvalue weighted by Crippen LogP contribution is -2.63. The van der Waals surface area contributed by atoms with Gasteiger partial charge in [0.15, 0.2) is 0 Å². The number of benzene rings is 2. The van der Waals surface area contributed by atoms with Crippen molar-refractivity contribution in [3.05, 3.63) is 83.1 Å². The summed E-state index contributed by atoms with van der Waals surface area (Å²) in [5, 5.41) is 1.15. The third-order valence-electron chi connectivity index (χ3n) is 7.55. The number of nitrogens with one attached hydrogen (secondary N) is 1. The van der Waals surface area contributed by atoms with Gasteiger partial charge in [-0.1, -0.05) is 60.2 Å². The molecule has 2 atom stereocenters. The lowest BCUT2D eigenvalue weighted by Gasteiger charge is -2.47. The molecule has 2 aliphatic heterocycles. The standard InChI is InChI=1S/C28H29N3O2/c32-25-18-30(16-15-19-9-3-1-4-10-19)28(33)24-17-22-21-13-7-8-14-23(21)29-26(22)27(31(24)25)20-11-5-2-6-12-20/h2,5-9,11-14,24,27,29H,1,3-4,10,15-18H2/t24-,27-/m0/s1. The van der Waals surface area contributed by atoms with Crippen LogP contribution >= 0.6 is 0 Å². The molecule has 5 nitrogen and oxygen atoms in total. The van der Waals surface area contributed by atoms with Crippen molar-refractivity contribution in [3.63, 3.8) is 0 Å². The van der Waals surface area contributed by atoms with Crippen LogP contribution in [0.2, 0.25) is 0 Å². The van der Waals surface area contributed by atoms with Crippen molar-refractivity contribution in [2.24, 2.45) is 0 Å². The van der Waals surface area contributed by atoms with E-state index in [0.717, 1.165) is 41.4 Å². The highest BCUT2D eigenvalue weighted by molar-refractivity contribution is 5.97. The maximum Gasteiger partial charge on any atom is 0.246 e. The molecule has 1 saturated heterocycles. The number of para-hydroxylation sites is 1. The zero-order valence-corrected chi connectivity index (χ0v) is 18.8. The summed E-state index contributed by atoms with van der Waals surface area (Å²) in [5.74, 6) is 0.123. The van der Waals surface area contributed by atoms with Crippen molar-refractivity contribution in [3.8, 4) is 0 Å². The normalized spacial score (nSPS) is 22.8. The first kappa shape index (κ1) is 20.3. The van der Waals surface area contributed by atoms with Crippen LogP contribution in [0.25, 0.3) is 10.9 Å². The Morgan fingerprint density at radius 3 is 2.61 bits per heavy atom. The predicted octanol–water partition coefficient (Wildman–Crippen LogP) is 4.74. The molecule has 1 fully saturated rings. The summed E-state index contributed by atoms with van der Waals surface area (Å²) in [6.07, 6.45) is 8.53. The van der Waals surface area contributed by atoms with E-state index < -0.39 is 6.04 Å². The maximum atomic E-state index is 13.7. The summed E-state index contributed by atoms with van der Waals surface area (Å²) in [6.45, 7) is 0.805. The molecule has 5 heteroatoms. The molecule has 1 aromatic heterocycles. The fourth-order valence-electron chi connectivity index (χ4n) is 5.90. The summed E-state index contributed by atoms with van der Waals surface area (Å²) in [7, 11) is 0. The van der Waals surface area contributed by atoms with Crippen LogP contribution < -0.4 is 0 Å². The summed E-state index contributed by atoms with van der Waals surface area (Å²) < 4.78 is 0. The average molecular weight is 440 g/mol. The monoisotopic (exact) mass is 439 g/mol. The van der Waals surface area contributed by atoms with Gasteiger partial charge in [-0.2, -0.15) is 0 Å². The molecule has 3 aliphatic rings. The Morgan fingerprint density at radius 2 is 1.79 bits per heavy atom. The number of H-pyrrole nitrogens is 1. The SMILES string of the molecule is O=C1[C@@H]2Cc3c([nH]c4ccccc34)[C@H](c3ccccc3)N2C(=O)CN1CCC1=CCCCC1. The smallest absolute Gasteiger partial charge is 0.246 e. The number of amides is 2. The maximum absolute atomic E-state index is 13.7. The fourth-order valence-corrected chi connectivity index (χ4v) is 5.90. The van der Waals surface area contributed by atoms with Crippen molar-refractivity contribution in [2.45, 2.75) is 50.6 Å². The molecule has 1 aliphatic carbocycles. The minimum Gasteiger partial charge on any atom is -0.356 e. The van der Waals surface area contributed by atoms with Gasteiger partial charge in [0.05, 0.1) is 12.6 Å². The lowest BCUT2D eigenvalue weighted by atomic mass is 9.86. The lowest BCUT2D eigenvalue weighted by molar-refractivity contribution is -0.158. The highest BCUT2D eigenvalue weighted by Crippen LogP contribution is 2.42. The molecule has 0 bridgehead atoms. The van der Waals surface area contributed by atoms with Gasteiger partial charge in [-0.05, 0) is 49.3 Å². The third-order valence-corrected chi connectivity index (χ3v) is 7.55. The first-order chi connectivity index (χ1) is 16.2. The molecule has 1 N–H and O–H groups in total. The van der Waals surface area contributed by atoms with E-state index in [1.807, 2.05) is 35.2 Å². The molecule has 0 saturated carbocycles. The number of aromatic amines is 1. The number of fused-ring (bicyclic) bond motifs is 4. The quantitative estimate of drug-likeness (QED) is 0.597. The predicted molar refractivity (Wildman–Crippen MR) is 129 cm³/mol. The summed E-state index contributed by atoms with van der Waals surface area (Å²) >= 11 is 0. The van der Waals surface area contributed by atoms with E-state index in [1.54, 1.807) is 4.90 Å². The van der Waals surface area contributed by atoms with E-state index >= 15 is 0 Å². The molecule has 2 aromatic carbocycles. The third kappa shape index (κ3) is 3.47. The number of carbonyl (C=O) groups is 2. The Kier molecular flexibility index (Phi) is 5.05. The Labute approximate surface area is 194 Å². The van der Waals surface area contributed by atoms with E-state index in [-0.39, 0.29) is 24.4 Å². The molecule has 33 heavy (non-hydrogen) atoms. The summed E-state index contributed by atoms with van der Waals surface area (Å²) in [6, 6.07) is 17.6. The number of hydrogen-bond donors (Lipinski definition) is 1. The molecule has 0 radical (unpaired) electrons. The van der Waals surface area contributed by atoms with E-state index in [2.05, 4.69) is 35.3 Å². The van der Waals surface area contributed by atoms with Crippen LogP contribution in [0.3, 0.4) is 0 Å². The topological polar surface area (TPSA) is 56.4 Å². The Hall–Kier alpha value is -3.34. The van der Waals surface area contributed by atoms with Crippen molar-refractivity contribution in [2.75, 3.05) is 13.1 Å². The van der Waals surface area contributed by atoms with Gasteiger partial charge in [-0.3, -0.25) is 9.59 Å². The van der Waals surface area contributed by atoms with Gasteiger partial charge in [0.25, 0.3) is 0 Å². The fraction of sp³-hybridized carbons (Fsp3) is 0.357. The number of allylic oxidation sites excluding steroid dienone is 1. The van der Waals surface area contributed by atoms with Gasteiger partial charge in [-0.15, -0.1) is 0 Å². The molecular weight excluding hydrogens is 410 g/mol. The van der Waals surface area contributed by atoms with Crippen LogP contribution in [-0.4, -0.2) is 45.7 Å². The van der Waals surface area contributed by atoms with Crippen LogP contribution in [0.5, 0.6) is 0 Å². The van der Waals surface area contributed by atoms with E-state index in [9.17, 15) is 9.59 Å². The second kappa shape index (κ2) is 8.22. The summed E-state index contributed by atoms with van der Waals surface area (Å²) in [5.41, 5.74) is 5.74. The van der Waals surface area contributed by atoms with Gasteiger partial charge >= 0.3 is 0 Å². The van der Waals surface area contributed by atoms with E-state index in [0.29, 0.717) is 13.0 Å². The Bertz CT molecular complexity index is 1240. The van der Waals surface area contributed by atoms with E-state index in [4.69, 9.17) is 0 Å². The van der Waals surface area contributed by atoms with Gasteiger partial charge in [0.2, 0.25) is 11.8 Å². The van der Waals surface area contributed by atoms with Gasteiger partial charge in [0, 0.05) is 29.6 Å². The molecule has 2 amide bonds. The van der Waals surface area contributed by atoms with Gasteiger partial charge < -0.3 is 14.8 Å². The highest BCUT2D eigenvalue weighted by atomic mass is 16.2. The van der Waals surface area contributed by atoms with Crippen LogP contribution in [-0.2, 0) is 16.0 Å². The first-order valence-electron chi connectivity index (χ1n) is 12.1. The van der Waals surface area contributed by atoms with E-state index in [1.165, 1.54) is 24.0 Å². The van der Waals surface area contributed by atoms with Crippen LogP contribution in [0, 0.1) is 0 Å². The first-order valence-corrected chi connectivity index (χ1v) is 12.1. The number of carbonyl (C=O) groups excluding carboxylic acids is 2. The molecular formula is C28H29N3O2. The molecule has 168 valence electrons. The van der Waals surface area contributed by atoms with Crippen molar-refractivity contribution < 1.29 is 9.59 Å². The zero-order valence-electron chi connectivity index (χ0n) is 18.8. The van der Waals surface area contributed by atoms with Gasteiger partial charge in [-0.25, -0.2) is 0 Å². The van der Waals surface area contributed by atoms with Crippen LogP contribution in [0.1, 0.15) is 55.0 Å². The van der Waals surface area contributed by atoms with Crippen LogP contribution in [0.4, 0.5) is 0 Å². The Balaban J connectivity index is 1.38. The number of piperazine rings is 1. The highest BCUT2D eigenvalue weighted by Gasteiger charge is 2.48. The number of nitrogens with zero attached hydrogens (tertiary/aromatic N) is 2. The number of aromatic nitrogens is 1. The molecule has 6 rings (SSSR count). The minimum atomic E-state index is -0.455. The van der Waals surface area contributed by atoms with Crippen molar-refractivity contribution >= 4 is 22.7 Å². The minimum absolute atomic E-state index is 0.0374. The zero-order chi connectivity index (χ0) is 22.4. The molecule has 3 aromatic rings. The molecule has 3 heterocycles. The van der Waals surface area contributed by atoms with Crippen molar-refractivity contribution in [1.82, 2.24) is 14.8 Å². The largest absolute Gasteiger partial charge is 0.356 e. The number of hydrogen-bond acceptors (Lipinski definition) is 2. The van der Waals surface area contributed by atoms with Crippen LogP contribution in [0.15, 0.2) is 66.2 Å². The second-order valence-corrected chi connectivity index (χ2v) is 9.51. The second-order valence-electron chi connectivity index (χ2n) is 9.51. The van der Waals surface area contributed by atoms with Crippen molar-refractivity contribution in [1.29, 1.82) is 0 Å². The number of rotatable bonds is 4. The van der Waals surface area contributed by atoms with Gasteiger partial charge in [0.1, 0.15) is 6.04 Å². The Morgan fingerprint density at radius 1 is 0.970 bits per heavy atom. The molecule has 0 unspecified atom stereocenters.